The first-order chi connectivity index (χ1) is 11.0. The molecule has 2 aromatic carbocycles. The van der Waals surface area contributed by atoms with Crippen LogP contribution in [-0.4, -0.2) is 11.1 Å². The van der Waals surface area contributed by atoms with Gasteiger partial charge in [-0.1, -0.05) is 59.7 Å². The molecule has 0 bridgehead atoms. The fraction of sp³-hybridized carbons (Fsp3) is 0.300. The van der Waals surface area contributed by atoms with Gasteiger partial charge in [0.1, 0.15) is 0 Å². The van der Waals surface area contributed by atoms with Crippen LogP contribution in [-0.2, 0) is 17.6 Å². The summed E-state index contributed by atoms with van der Waals surface area (Å²) in [6.45, 7) is 4.08. The molecule has 0 amide bonds. The summed E-state index contributed by atoms with van der Waals surface area (Å²) in [5.41, 5.74) is 4.81. The Labute approximate surface area is 138 Å². The predicted octanol–water partition coefficient (Wildman–Crippen LogP) is 4.46. The molecule has 0 fully saturated rings. The molecule has 0 unspecified atom stereocenters. The maximum Gasteiger partial charge on any atom is 0.303 e. The first-order valence-electron chi connectivity index (χ1n) is 7.71. The van der Waals surface area contributed by atoms with Crippen LogP contribution in [0.1, 0.15) is 35.1 Å². The number of aliphatic carboxylic acids is 1. The number of rotatable bonds is 5. The number of hydrogen-bond donors (Lipinski definition) is 1. The van der Waals surface area contributed by atoms with Gasteiger partial charge in [-0.2, -0.15) is 5.26 Å². The second kappa shape index (κ2) is 10.2. The van der Waals surface area contributed by atoms with Crippen LogP contribution in [0.15, 0.2) is 48.5 Å². The Morgan fingerprint density at radius 2 is 1.35 bits per heavy atom. The minimum Gasteiger partial charge on any atom is -0.481 e. The van der Waals surface area contributed by atoms with Crippen LogP contribution in [0, 0.1) is 25.2 Å². The fourth-order valence-corrected chi connectivity index (χ4v) is 1.96. The second-order valence-electron chi connectivity index (χ2n) is 5.52. The molecule has 3 heteroatoms. The van der Waals surface area contributed by atoms with Crippen molar-refractivity contribution < 1.29 is 9.90 Å². The highest BCUT2D eigenvalue weighted by atomic mass is 16.4. The van der Waals surface area contributed by atoms with E-state index in [9.17, 15) is 4.79 Å². The molecule has 0 radical (unpaired) electrons. The Morgan fingerprint density at radius 1 is 0.913 bits per heavy atom. The van der Waals surface area contributed by atoms with Gasteiger partial charge in [0.15, 0.2) is 0 Å². The predicted molar refractivity (Wildman–Crippen MR) is 92.2 cm³/mol. The zero-order chi connectivity index (χ0) is 17.1. The molecule has 0 spiro atoms. The summed E-state index contributed by atoms with van der Waals surface area (Å²) in [5, 5.41) is 16.8. The van der Waals surface area contributed by atoms with Gasteiger partial charge in [-0.15, -0.1) is 0 Å². The normalized spacial score (nSPS) is 9.43. The maximum absolute atomic E-state index is 10.2. The quantitative estimate of drug-likeness (QED) is 0.886. The summed E-state index contributed by atoms with van der Waals surface area (Å²) in [7, 11) is 0. The molecule has 2 aromatic rings. The van der Waals surface area contributed by atoms with Crippen molar-refractivity contribution in [3.63, 3.8) is 0 Å². The van der Waals surface area contributed by atoms with Gasteiger partial charge in [0.05, 0.1) is 6.07 Å². The third-order valence-corrected chi connectivity index (χ3v) is 3.39. The van der Waals surface area contributed by atoms with E-state index in [1.807, 2.05) is 31.2 Å². The van der Waals surface area contributed by atoms with Crippen LogP contribution in [0.4, 0.5) is 0 Å². The molecule has 0 atom stereocenters. The van der Waals surface area contributed by atoms with Crippen LogP contribution in [0.5, 0.6) is 0 Å². The van der Waals surface area contributed by atoms with Crippen LogP contribution >= 0.6 is 0 Å². The molecule has 0 heterocycles. The summed E-state index contributed by atoms with van der Waals surface area (Å²) in [5.74, 6) is -0.740. The first-order valence-corrected chi connectivity index (χ1v) is 7.71. The number of nitrogens with zero attached hydrogens (tertiary/aromatic N) is 1. The van der Waals surface area contributed by atoms with Gasteiger partial charge in [0, 0.05) is 12.8 Å². The minimum absolute atomic E-state index is 0.211. The van der Waals surface area contributed by atoms with E-state index in [1.54, 1.807) is 0 Å². The van der Waals surface area contributed by atoms with Crippen molar-refractivity contribution in [2.45, 2.75) is 39.5 Å². The van der Waals surface area contributed by atoms with E-state index < -0.39 is 5.97 Å². The molecule has 0 aliphatic heterocycles. The number of hydrogen-bond acceptors (Lipinski definition) is 2. The molecule has 1 N–H and O–H groups in total. The minimum atomic E-state index is -0.740. The van der Waals surface area contributed by atoms with Crippen LogP contribution in [0.2, 0.25) is 0 Å². The fourth-order valence-electron chi connectivity index (χ4n) is 1.96. The molecule has 0 saturated heterocycles. The van der Waals surface area contributed by atoms with Crippen LogP contribution in [0.3, 0.4) is 0 Å². The Kier molecular flexibility index (Phi) is 8.17. The van der Waals surface area contributed by atoms with Crippen LogP contribution in [0.25, 0.3) is 0 Å². The molecule has 2 rings (SSSR count). The molecule has 3 nitrogen and oxygen atoms in total. The number of carbonyl (C=O) groups is 1. The molecule has 0 aromatic heterocycles. The number of carboxylic acids is 1. The number of aryl methyl sites for hydroxylation is 4. The average molecular weight is 309 g/mol. The molecular formula is C20H23NO2. The van der Waals surface area contributed by atoms with E-state index in [4.69, 9.17) is 10.4 Å². The Morgan fingerprint density at radius 3 is 1.74 bits per heavy atom. The lowest BCUT2D eigenvalue weighted by Crippen LogP contribution is -1.97. The highest BCUT2D eigenvalue weighted by molar-refractivity contribution is 5.67. The first kappa shape index (κ1) is 18.4. The Balaban J connectivity index is 0.000000231. The van der Waals surface area contributed by atoms with Gasteiger partial charge in [0.25, 0.3) is 0 Å². The summed E-state index contributed by atoms with van der Waals surface area (Å²) in [6, 6.07) is 18.4. The summed E-state index contributed by atoms with van der Waals surface area (Å²) < 4.78 is 0. The maximum atomic E-state index is 10.2. The Bertz CT molecular complexity index is 637. The monoisotopic (exact) mass is 309 g/mol. The van der Waals surface area contributed by atoms with Crippen LogP contribution < -0.4 is 0 Å². The Hall–Kier alpha value is -2.60. The lowest BCUT2D eigenvalue weighted by atomic mass is 10.1. The van der Waals surface area contributed by atoms with Gasteiger partial charge in [-0.05, 0) is 37.8 Å². The van der Waals surface area contributed by atoms with Crippen molar-refractivity contribution in [1.82, 2.24) is 0 Å². The second-order valence-corrected chi connectivity index (χ2v) is 5.52. The van der Waals surface area contributed by atoms with E-state index in [2.05, 4.69) is 37.3 Å². The summed E-state index contributed by atoms with van der Waals surface area (Å²) in [4.78, 5) is 10.2. The summed E-state index contributed by atoms with van der Waals surface area (Å²) >= 11 is 0. The number of carboxylic acid groups (broad SMARTS) is 1. The third kappa shape index (κ3) is 8.43. The highest BCUT2D eigenvalue weighted by Crippen LogP contribution is 2.05. The highest BCUT2D eigenvalue weighted by Gasteiger charge is 1.97. The van der Waals surface area contributed by atoms with Crippen molar-refractivity contribution in [3.8, 4) is 6.07 Å². The molecular weight excluding hydrogens is 286 g/mol. The number of nitriles is 1. The van der Waals surface area contributed by atoms with Gasteiger partial charge in [-0.3, -0.25) is 4.79 Å². The van der Waals surface area contributed by atoms with Gasteiger partial charge in [0.2, 0.25) is 0 Å². The smallest absolute Gasteiger partial charge is 0.303 e. The topological polar surface area (TPSA) is 61.1 Å². The summed E-state index contributed by atoms with van der Waals surface area (Å²) in [6.07, 6.45) is 2.32. The van der Waals surface area contributed by atoms with Crippen molar-refractivity contribution in [2.75, 3.05) is 0 Å². The molecule has 23 heavy (non-hydrogen) atoms. The standard InChI is InChI=1S/C10H11N.C10H12O2/c1-9-4-6-10(7-5-9)3-2-8-11;1-8-2-4-9(5-3-8)6-7-10(11)12/h4-7H,2-3H2,1H3;2-5H,6-7H2,1H3,(H,11,12). The zero-order valence-electron chi connectivity index (χ0n) is 13.7. The van der Waals surface area contributed by atoms with Crippen molar-refractivity contribution in [3.05, 3.63) is 70.8 Å². The van der Waals surface area contributed by atoms with E-state index in [0.717, 1.165) is 12.0 Å². The molecule has 0 aliphatic rings. The average Bonchev–Trinajstić information content (AvgIpc) is 2.54. The van der Waals surface area contributed by atoms with Gasteiger partial charge in [-0.25, -0.2) is 0 Å². The molecule has 0 aliphatic carbocycles. The van der Waals surface area contributed by atoms with Gasteiger partial charge >= 0.3 is 5.97 Å². The molecule has 0 saturated carbocycles. The van der Waals surface area contributed by atoms with E-state index in [1.165, 1.54) is 16.7 Å². The SMILES string of the molecule is Cc1ccc(CCC#N)cc1.Cc1ccc(CCC(=O)O)cc1. The van der Waals surface area contributed by atoms with E-state index in [-0.39, 0.29) is 6.42 Å². The van der Waals surface area contributed by atoms with Crippen molar-refractivity contribution in [1.29, 1.82) is 5.26 Å². The lowest BCUT2D eigenvalue weighted by molar-refractivity contribution is -0.136. The number of benzene rings is 2. The lowest BCUT2D eigenvalue weighted by Gasteiger charge is -1.98. The van der Waals surface area contributed by atoms with Gasteiger partial charge < -0.3 is 5.11 Å². The largest absolute Gasteiger partial charge is 0.481 e. The van der Waals surface area contributed by atoms with Crippen molar-refractivity contribution >= 4 is 5.97 Å². The zero-order valence-corrected chi connectivity index (χ0v) is 13.7. The van der Waals surface area contributed by atoms with E-state index in [0.29, 0.717) is 12.8 Å². The third-order valence-electron chi connectivity index (χ3n) is 3.39. The van der Waals surface area contributed by atoms with Crippen molar-refractivity contribution in [2.24, 2.45) is 0 Å². The molecule has 120 valence electrons. The van der Waals surface area contributed by atoms with E-state index >= 15 is 0 Å².